The van der Waals surface area contributed by atoms with E-state index in [1.54, 1.807) is 28.3 Å². The van der Waals surface area contributed by atoms with E-state index >= 15 is 0 Å². The highest BCUT2D eigenvalue weighted by Crippen LogP contribution is 2.45. The summed E-state index contributed by atoms with van der Waals surface area (Å²) in [5, 5.41) is 57.6. The Morgan fingerprint density at radius 3 is 1.18 bits per heavy atom. The number of fused-ring (bicyclic) bond motifs is 9. The number of carbonyl (C=O) groups excluding carboxylic acids is 1. The van der Waals surface area contributed by atoms with Crippen LogP contribution in [-0.2, 0) is 43.9 Å². The fourth-order valence-electron chi connectivity index (χ4n) is 12.8. The van der Waals surface area contributed by atoms with Crippen LogP contribution in [0.2, 0.25) is 0 Å². The summed E-state index contributed by atoms with van der Waals surface area (Å²) in [7, 11) is 4.93. The molecule has 0 radical (unpaired) electrons. The summed E-state index contributed by atoms with van der Waals surface area (Å²) < 4.78 is 16.2. The monoisotopic (exact) mass is 1000 g/mol. The highest BCUT2D eigenvalue weighted by molar-refractivity contribution is 5.83. The summed E-state index contributed by atoms with van der Waals surface area (Å²) in [4.78, 5) is 20.1. The fraction of sp³-hybridized carbons (Fsp3) is 0.678. The van der Waals surface area contributed by atoms with Crippen LogP contribution in [0.5, 0.6) is 17.2 Å². The average molecular weight is 1000 g/mol. The van der Waals surface area contributed by atoms with E-state index in [0.717, 1.165) is 125 Å². The molecule has 8 atom stereocenters. The third-order valence-electron chi connectivity index (χ3n) is 16.1. The van der Waals surface area contributed by atoms with E-state index in [4.69, 9.17) is 19.3 Å². The number of aliphatic hydroxyl groups excluding tert-OH is 6. The maximum absolute atomic E-state index is 12.6. The van der Waals surface area contributed by atoms with E-state index in [2.05, 4.69) is 80.5 Å². The van der Waals surface area contributed by atoms with Crippen LogP contribution < -0.4 is 14.2 Å². The van der Waals surface area contributed by atoms with Crippen molar-refractivity contribution in [2.45, 2.75) is 156 Å². The van der Waals surface area contributed by atoms with E-state index in [0.29, 0.717) is 41.8 Å². The number of ether oxygens (including phenoxy) is 3. The van der Waals surface area contributed by atoms with Gasteiger partial charge in [0.15, 0.2) is 0 Å². The fourth-order valence-corrected chi connectivity index (χ4v) is 12.8. The molecule has 6 heterocycles. The molecule has 9 rings (SSSR count). The lowest BCUT2D eigenvalue weighted by atomic mass is 9.79. The minimum absolute atomic E-state index is 0.0122. The standard InChI is InChI=1S/2C19H29NO3.C19H27NO3.C2H6O/c3*1-12(2)6-14-10-20-5-4-13-8-19(23-3)15(11-21)7-16(13)17(20)9-18(14)22;1-2-3/h2*7-8,12,14,17-18,21-22H,4-6,9-11H2,1-3H3;7-8,12,14,17,21H,4-6,9-11H2,1-3H3;3H,2H2,1H3/t2*14-,17-,18+;;/m10../s1. The van der Waals surface area contributed by atoms with Crippen LogP contribution in [-0.4, -0.2) is 131 Å². The predicted molar refractivity (Wildman–Crippen MR) is 283 cm³/mol. The van der Waals surface area contributed by atoms with Crippen LogP contribution >= 0.6 is 0 Å². The zero-order valence-electron chi connectivity index (χ0n) is 45.4. The summed E-state index contributed by atoms with van der Waals surface area (Å²) in [6.45, 7) is 21.1. The van der Waals surface area contributed by atoms with Crippen molar-refractivity contribution in [3.63, 3.8) is 0 Å². The third-order valence-corrected chi connectivity index (χ3v) is 16.1. The van der Waals surface area contributed by atoms with E-state index in [1.807, 2.05) is 12.1 Å². The zero-order valence-corrected chi connectivity index (χ0v) is 45.4. The molecular formula is C59H91N3O10. The molecule has 402 valence electrons. The molecule has 3 fully saturated rings. The molecular weight excluding hydrogens is 911 g/mol. The zero-order chi connectivity index (χ0) is 52.4. The summed E-state index contributed by atoms with van der Waals surface area (Å²) >= 11 is 0. The largest absolute Gasteiger partial charge is 0.496 e. The number of hydrogen-bond acceptors (Lipinski definition) is 13. The van der Waals surface area contributed by atoms with Crippen LogP contribution in [0.4, 0.5) is 0 Å². The number of aliphatic hydroxyl groups is 6. The molecule has 0 aromatic heterocycles. The molecule has 13 nitrogen and oxygen atoms in total. The van der Waals surface area contributed by atoms with Crippen molar-refractivity contribution in [2.24, 2.45) is 35.5 Å². The molecule has 0 spiro atoms. The van der Waals surface area contributed by atoms with Crippen LogP contribution in [0, 0.1) is 35.5 Å². The number of methoxy groups -OCH3 is 3. The van der Waals surface area contributed by atoms with Crippen molar-refractivity contribution >= 4 is 5.78 Å². The second kappa shape index (κ2) is 26.7. The first-order chi connectivity index (χ1) is 34.5. The Morgan fingerprint density at radius 2 is 0.861 bits per heavy atom. The summed E-state index contributed by atoms with van der Waals surface area (Å²) in [5.74, 6) is 5.43. The van der Waals surface area contributed by atoms with Gasteiger partial charge in [-0.05, 0) is 158 Å². The number of hydrogen-bond donors (Lipinski definition) is 6. The van der Waals surface area contributed by atoms with Gasteiger partial charge in [-0.1, -0.05) is 41.5 Å². The van der Waals surface area contributed by atoms with Crippen LogP contribution in [0.15, 0.2) is 36.4 Å². The minimum atomic E-state index is -0.232. The maximum Gasteiger partial charge on any atom is 0.139 e. The van der Waals surface area contributed by atoms with E-state index in [9.17, 15) is 30.3 Å². The molecule has 6 aliphatic heterocycles. The molecule has 6 aliphatic rings. The minimum Gasteiger partial charge on any atom is -0.496 e. The third kappa shape index (κ3) is 13.8. The van der Waals surface area contributed by atoms with Gasteiger partial charge >= 0.3 is 0 Å². The Hall–Kier alpha value is -3.63. The van der Waals surface area contributed by atoms with Crippen molar-refractivity contribution < 1.29 is 49.6 Å². The summed E-state index contributed by atoms with van der Waals surface area (Å²) in [5.41, 5.74) is 10.1. The van der Waals surface area contributed by atoms with E-state index in [-0.39, 0.29) is 62.7 Å². The molecule has 3 saturated heterocycles. The Balaban J connectivity index is 0.000000172. The molecule has 0 saturated carbocycles. The number of carbonyl (C=O) groups is 1. The Kier molecular flexibility index (Phi) is 21.4. The van der Waals surface area contributed by atoms with Crippen LogP contribution in [0.25, 0.3) is 0 Å². The van der Waals surface area contributed by atoms with E-state index in [1.165, 1.54) is 33.4 Å². The smallest absolute Gasteiger partial charge is 0.139 e. The topological polar surface area (TPSA) is 176 Å². The first-order valence-electron chi connectivity index (χ1n) is 27.1. The molecule has 0 bridgehead atoms. The second-order valence-electron chi connectivity index (χ2n) is 22.5. The normalized spacial score (nSPS) is 25.7. The highest BCUT2D eigenvalue weighted by Gasteiger charge is 2.41. The molecule has 0 amide bonds. The van der Waals surface area contributed by atoms with Crippen molar-refractivity contribution in [3.8, 4) is 17.2 Å². The number of piperidine rings is 3. The summed E-state index contributed by atoms with van der Waals surface area (Å²) in [6.07, 6.45) is 7.88. The second-order valence-corrected chi connectivity index (χ2v) is 22.5. The van der Waals surface area contributed by atoms with Gasteiger partial charge in [0.1, 0.15) is 23.0 Å². The van der Waals surface area contributed by atoms with E-state index < -0.39 is 0 Å². The van der Waals surface area contributed by atoms with Gasteiger partial charge in [-0.15, -0.1) is 0 Å². The van der Waals surface area contributed by atoms with Crippen LogP contribution in [0.1, 0.15) is 155 Å². The predicted octanol–water partition coefficient (Wildman–Crippen LogP) is 7.75. The number of benzene rings is 3. The van der Waals surface area contributed by atoms with Crippen LogP contribution in [0.3, 0.4) is 0 Å². The van der Waals surface area contributed by atoms with Crippen molar-refractivity contribution in [1.29, 1.82) is 0 Å². The Bertz CT molecular complexity index is 2120. The van der Waals surface area contributed by atoms with Crippen molar-refractivity contribution in [2.75, 3.05) is 67.2 Å². The summed E-state index contributed by atoms with van der Waals surface area (Å²) in [6, 6.07) is 13.1. The Morgan fingerprint density at radius 1 is 0.528 bits per heavy atom. The van der Waals surface area contributed by atoms with Gasteiger partial charge in [0.05, 0.1) is 53.4 Å². The van der Waals surface area contributed by atoms with Gasteiger partial charge in [-0.2, -0.15) is 0 Å². The quantitative estimate of drug-likeness (QED) is 0.104. The number of nitrogens with zero attached hydrogens (tertiary/aromatic N) is 3. The molecule has 3 aromatic carbocycles. The van der Waals surface area contributed by atoms with Gasteiger partial charge in [0.25, 0.3) is 0 Å². The number of rotatable bonds is 12. The highest BCUT2D eigenvalue weighted by atomic mass is 16.5. The average Bonchev–Trinajstić information content (AvgIpc) is 3.36. The lowest BCUT2D eigenvalue weighted by molar-refractivity contribution is -0.129. The molecule has 72 heavy (non-hydrogen) atoms. The lowest BCUT2D eigenvalue weighted by Gasteiger charge is -2.46. The molecule has 6 N–H and O–H groups in total. The van der Waals surface area contributed by atoms with Crippen molar-refractivity contribution in [1.82, 2.24) is 14.7 Å². The molecule has 2 unspecified atom stereocenters. The van der Waals surface area contributed by atoms with Gasteiger partial charge in [0.2, 0.25) is 0 Å². The van der Waals surface area contributed by atoms with Gasteiger partial charge < -0.3 is 44.8 Å². The lowest BCUT2D eigenvalue weighted by Crippen LogP contribution is -2.48. The molecule has 3 aromatic rings. The Labute approximate surface area is 431 Å². The first-order valence-corrected chi connectivity index (χ1v) is 27.1. The number of Topliss-reactive ketones (excluding diaryl/α,β-unsaturated/α-hetero) is 1. The first kappa shape index (κ1) is 57.6. The van der Waals surface area contributed by atoms with Gasteiger partial charge in [0, 0.05) is 93.0 Å². The van der Waals surface area contributed by atoms with Crippen molar-refractivity contribution in [3.05, 3.63) is 86.5 Å². The molecule has 13 heteroatoms. The molecule has 0 aliphatic carbocycles. The SMILES string of the molecule is CCO.COc1cc2c(cc1CO)C1CC(=O)C(CC(C)C)CN1CC2.COc1cc2c(cc1CO)[C@@H]1C[C@@H](O)[C@@H](CC(C)C)CN1CC2.COc1cc2c(cc1CO)[C@H]1C[C@H](O)[C@H](CC(C)C)CN1CC2. The maximum atomic E-state index is 12.6. The van der Waals surface area contributed by atoms with Gasteiger partial charge in [-0.25, -0.2) is 0 Å². The number of ketones is 1. The van der Waals surface area contributed by atoms with Gasteiger partial charge in [-0.3, -0.25) is 19.5 Å².